The molecule has 1 aromatic carbocycles. The zero-order valence-electron chi connectivity index (χ0n) is 12.5. The van der Waals surface area contributed by atoms with Crippen LogP contribution in [0.3, 0.4) is 0 Å². The van der Waals surface area contributed by atoms with Gasteiger partial charge < -0.3 is 10.6 Å². The highest BCUT2D eigenvalue weighted by atomic mass is 32.2. The average Bonchev–Trinajstić information content (AvgIpc) is 2.49. The van der Waals surface area contributed by atoms with Crippen LogP contribution in [0.4, 0.5) is 5.69 Å². The van der Waals surface area contributed by atoms with Gasteiger partial charge in [-0.25, -0.2) is 8.42 Å². The lowest BCUT2D eigenvalue weighted by atomic mass is 10.1. The molecule has 1 unspecified atom stereocenters. The smallest absolute Gasteiger partial charge is 0.241 e. The van der Waals surface area contributed by atoms with Crippen molar-refractivity contribution >= 4 is 21.4 Å². The van der Waals surface area contributed by atoms with E-state index in [4.69, 9.17) is 5.73 Å². The van der Waals surface area contributed by atoms with Gasteiger partial charge in [-0.2, -0.15) is 0 Å². The van der Waals surface area contributed by atoms with Gasteiger partial charge in [0.05, 0.1) is 4.90 Å². The van der Waals surface area contributed by atoms with Crippen LogP contribution < -0.4 is 5.73 Å². The Morgan fingerprint density at radius 1 is 1.24 bits per heavy atom. The molecule has 2 rings (SSSR count). The first-order chi connectivity index (χ1) is 9.85. The SMILES string of the molecule is Cc1c(N)cccc1S(=O)(=O)C(C)C(=O)N1CCCCC1. The van der Waals surface area contributed by atoms with Crippen molar-refractivity contribution in [2.75, 3.05) is 18.8 Å². The molecule has 1 fully saturated rings. The Morgan fingerprint density at radius 3 is 2.48 bits per heavy atom. The second-order valence-corrected chi connectivity index (χ2v) is 7.78. The first kappa shape index (κ1) is 15.8. The van der Waals surface area contributed by atoms with Gasteiger partial charge in [0.1, 0.15) is 5.25 Å². The minimum absolute atomic E-state index is 0.153. The predicted molar refractivity (Wildman–Crippen MR) is 82.7 cm³/mol. The summed E-state index contributed by atoms with van der Waals surface area (Å²) in [5.41, 5.74) is 6.71. The molecular formula is C15H22N2O3S. The largest absolute Gasteiger partial charge is 0.398 e. The topological polar surface area (TPSA) is 80.5 Å². The molecule has 116 valence electrons. The number of rotatable bonds is 3. The monoisotopic (exact) mass is 310 g/mol. The van der Waals surface area contributed by atoms with Crippen LogP contribution in [0.15, 0.2) is 23.1 Å². The maximum absolute atomic E-state index is 12.7. The molecule has 1 heterocycles. The standard InChI is InChI=1S/C15H22N2O3S/c1-11-13(16)7-6-8-14(11)21(19,20)12(2)15(18)17-9-4-3-5-10-17/h6-8,12H,3-5,9-10,16H2,1-2H3. The number of piperidine rings is 1. The molecule has 1 aliphatic heterocycles. The van der Waals surface area contributed by atoms with Gasteiger partial charge in [0.2, 0.25) is 5.91 Å². The Hall–Kier alpha value is -1.56. The van der Waals surface area contributed by atoms with E-state index in [1.807, 2.05) is 0 Å². The summed E-state index contributed by atoms with van der Waals surface area (Å²) in [6, 6.07) is 4.78. The van der Waals surface area contributed by atoms with Gasteiger partial charge in [-0.1, -0.05) is 6.07 Å². The molecule has 1 amide bonds. The summed E-state index contributed by atoms with van der Waals surface area (Å²) < 4.78 is 25.4. The summed E-state index contributed by atoms with van der Waals surface area (Å²) >= 11 is 0. The van der Waals surface area contributed by atoms with E-state index in [1.165, 1.54) is 13.0 Å². The van der Waals surface area contributed by atoms with Crippen LogP contribution in [-0.4, -0.2) is 37.6 Å². The molecule has 1 saturated heterocycles. The van der Waals surface area contributed by atoms with E-state index in [9.17, 15) is 13.2 Å². The number of nitrogens with zero attached hydrogens (tertiary/aromatic N) is 1. The lowest BCUT2D eigenvalue weighted by molar-refractivity contribution is -0.131. The summed E-state index contributed by atoms with van der Waals surface area (Å²) in [6.45, 7) is 4.43. The average molecular weight is 310 g/mol. The summed E-state index contributed by atoms with van der Waals surface area (Å²) in [4.78, 5) is 14.2. The lowest BCUT2D eigenvalue weighted by Gasteiger charge is -2.29. The maximum Gasteiger partial charge on any atom is 0.241 e. The number of sulfone groups is 1. The molecule has 1 atom stereocenters. The number of benzene rings is 1. The zero-order chi connectivity index (χ0) is 15.6. The van der Waals surface area contributed by atoms with Crippen LogP contribution in [0.2, 0.25) is 0 Å². The third-order valence-corrected chi connectivity index (χ3v) is 6.30. The molecule has 0 bridgehead atoms. The van der Waals surface area contributed by atoms with Gasteiger partial charge in [0.15, 0.2) is 9.84 Å². The van der Waals surface area contributed by atoms with Crippen molar-refractivity contribution in [2.24, 2.45) is 0 Å². The lowest BCUT2D eigenvalue weighted by Crippen LogP contribution is -2.44. The van der Waals surface area contributed by atoms with Crippen molar-refractivity contribution in [3.05, 3.63) is 23.8 Å². The molecule has 1 aliphatic rings. The first-order valence-electron chi connectivity index (χ1n) is 7.23. The summed E-state index contributed by atoms with van der Waals surface area (Å²) in [7, 11) is -3.71. The summed E-state index contributed by atoms with van der Waals surface area (Å²) in [6.07, 6.45) is 2.98. The van der Waals surface area contributed by atoms with Crippen molar-refractivity contribution in [1.82, 2.24) is 4.90 Å². The minimum atomic E-state index is -3.71. The normalized spacial score (nSPS) is 17.5. The van der Waals surface area contributed by atoms with Gasteiger partial charge in [-0.05, 0) is 50.8 Å². The third-order valence-electron chi connectivity index (χ3n) is 4.11. The van der Waals surface area contributed by atoms with Gasteiger partial charge in [0, 0.05) is 18.8 Å². The van der Waals surface area contributed by atoms with Gasteiger partial charge in [0.25, 0.3) is 0 Å². The Labute approximate surface area is 126 Å². The highest BCUT2D eigenvalue weighted by Gasteiger charge is 2.34. The molecule has 0 aliphatic carbocycles. The molecule has 0 radical (unpaired) electrons. The Kier molecular flexibility index (Phi) is 4.56. The molecule has 2 N–H and O–H groups in total. The molecule has 0 saturated carbocycles. The minimum Gasteiger partial charge on any atom is -0.398 e. The van der Waals surface area contributed by atoms with Crippen LogP contribution >= 0.6 is 0 Å². The molecule has 0 aromatic heterocycles. The molecule has 5 nitrogen and oxygen atoms in total. The molecule has 21 heavy (non-hydrogen) atoms. The number of likely N-dealkylation sites (tertiary alicyclic amines) is 1. The number of nitrogen functional groups attached to an aromatic ring is 1. The third kappa shape index (κ3) is 3.05. The molecular weight excluding hydrogens is 288 g/mol. The number of hydrogen-bond acceptors (Lipinski definition) is 4. The van der Waals surface area contributed by atoms with Crippen molar-refractivity contribution in [3.8, 4) is 0 Å². The van der Waals surface area contributed by atoms with Crippen LogP contribution in [0.5, 0.6) is 0 Å². The van der Waals surface area contributed by atoms with Crippen LogP contribution in [0.25, 0.3) is 0 Å². The summed E-state index contributed by atoms with van der Waals surface area (Å²) in [5, 5.41) is -1.07. The molecule has 0 spiro atoms. The highest BCUT2D eigenvalue weighted by molar-refractivity contribution is 7.92. The van der Waals surface area contributed by atoms with Crippen molar-refractivity contribution in [3.63, 3.8) is 0 Å². The molecule has 6 heteroatoms. The first-order valence-corrected chi connectivity index (χ1v) is 8.78. The number of hydrogen-bond donors (Lipinski definition) is 1. The van der Waals surface area contributed by atoms with Gasteiger partial charge >= 0.3 is 0 Å². The quantitative estimate of drug-likeness (QED) is 0.863. The Bertz CT molecular complexity index is 634. The van der Waals surface area contributed by atoms with Gasteiger partial charge in [-0.3, -0.25) is 4.79 Å². The van der Waals surface area contributed by atoms with Gasteiger partial charge in [-0.15, -0.1) is 0 Å². The second-order valence-electron chi connectivity index (χ2n) is 5.54. The Morgan fingerprint density at radius 2 is 1.86 bits per heavy atom. The van der Waals surface area contributed by atoms with E-state index in [2.05, 4.69) is 0 Å². The van der Waals surface area contributed by atoms with E-state index in [1.54, 1.807) is 24.0 Å². The van der Waals surface area contributed by atoms with Crippen LogP contribution in [0, 0.1) is 6.92 Å². The van der Waals surface area contributed by atoms with E-state index in [-0.39, 0.29) is 10.8 Å². The van der Waals surface area contributed by atoms with Crippen molar-refractivity contribution in [2.45, 2.75) is 43.3 Å². The fraction of sp³-hybridized carbons (Fsp3) is 0.533. The fourth-order valence-corrected chi connectivity index (χ4v) is 4.24. The summed E-state index contributed by atoms with van der Waals surface area (Å²) in [5.74, 6) is -0.309. The van der Waals surface area contributed by atoms with Crippen molar-refractivity contribution in [1.29, 1.82) is 0 Å². The highest BCUT2D eigenvalue weighted by Crippen LogP contribution is 2.25. The number of carbonyl (C=O) groups excluding carboxylic acids is 1. The Balaban J connectivity index is 2.30. The van der Waals surface area contributed by atoms with E-state index < -0.39 is 15.1 Å². The number of anilines is 1. The van der Waals surface area contributed by atoms with E-state index >= 15 is 0 Å². The molecule has 1 aromatic rings. The van der Waals surface area contributed by atoms with E-state index in [0.717, 1.165) is 19.3 Å². The number of nitrogens with two attached hydrogens (primary N) is 1. The van der Waals surface area contributed by atoms with E-state index in [0.29, 0.717) is 24.3 Å². The number of amides is 1. The number of carbonyl (C=O) groups is 1. The fourth-order valence-electron chi connectivity index (χ4n) is 2.63. The predicted octanol–water partition coefficient (Wildman–Crippen LogP) is 1.75. The van der Waals surface area contributed by atoms with Crippen LogP contribution in [0.1, 0.15) is 31.7 Å². The second kappa shape index (κ2) is 6.05. The van der Waals surface area contributed by atoms with Crippen LogP contribution in [-0.2, 0) is 14.6 Å². The maximum atomic E-state index is 12.7. The van der Waals surface area contributed by atoms with Crippen molar-refractivity contribution < 1.29 is 13.2 Å². The zero-order valence-corrected chi connectivity index (χ0v) is 13.3.